The predicted molar refractivity (Wildman–Crippen MR) is 75.3 cm³/mol. The number of anilines is 2. The van der Waals surface area contributed by atoms with Crippen molar-refractivity contribution in [1.82, 2.24) is 0 Å². The highest BCUT2D eigenvalue weighted by molar-refractivity contribution is 5.55. The van der Waals surface area contributed by atoms with E-state index in [1.165, 1.54) is 6.42 Å². The minimum absolute atomic E-state index is 0.345. The van der Waals surface area contributed by atoms with Gasteiger partial charge in [0.05, 0.1) is 12.7 Å². The largest absolute Gasteiger partial charge is 0.399 e. The van der Waals surface area contributed by atoms with E-state index in [0.717, 1.165) is 18.4 Å². The van der Waals surface area contributed by atoms with Crippen molar-refractivity contribution in [3.05, 3.63) is 23.8 Å². The molecule has 0 aliphatic rings. The number of benzene rings is 1. The van der Waals surface area contributed by atoms with Crippen molar-refractivity contribution >= 4 is 11.4 Å². The molecule has 1 rings (SSSR count). The average Bonchev–Trinajstić information content (AvgIpc) is 2.33. The van der Waals surface area contributed by atoms with Gasteiger partial charge in [-0.25, -0.2) is 0 Å². The SMILES string of the molecule is CCCCCOCC(O)Cc1cc(N)ccc1N. The zero-order chi connectivity index (χ0) is 13.4. The van der Waals surface area contributed by atoms with Crippen molar-refractivity contribution in [2.24, 2.45) is 0 Å². The number of unbranched alkanes of at least 4 members (excludes halogenated alkanes) is 2. The first kappa shape index (κ1) is 14.8. The standard InChI is InChI=1S/C14H24N2O2/c1-2-3-4-7-18-10-13(17)9-11-8-12(15)5-6-14(11)16/h5-6,8,13,17H,2-4,7,9-10,15-16H2,1H3. The summed E-state index contributed by atoms with van der Waals surface area (Å²) in [4.78, 5) is 0. The van der Waals surface area contributed by atoms with Crippen LogP contribution in [-0.4, -0.2) is 24.4 Å². The molecule has 0 aliphatic carbocycles. The Morgan fingerprint density at radius 1 is 1.28 bits per heavy atom. The fourth-order valence-electron chi connectivity index (χ4n) is 1.79. The lowest BCUT2D eigenvalue weighted by atomic mass is 10.1. The smallest absolute Gasteiger partial charge is 0.0814 e. The zero-order valence-electron chi connectivity index (χ0n) is 11.1. The van der Waals surface area contributed by atoms with E-state index in [-0.39, 0.29) is 0 Å². The summed E-state index contributed by atoms with van der Waals surface area (Å²) in [7, 11) is 0. The summed E-state index contributed by atoms with van der Waals surface area (Å²) in [6.45, 7) is 3.20. The van der Waals surface area contributed by atoms with Crippen molar-refractivity contribution in [3.8, 4) is 0 Å². The molecule has 102 valence electrons. The number of rotatable bonds is 8. The second kappa shape index (κ2) is 7.95. The van der Waals surface area contributed by atoms with E-state index in [0.29, 0.717) is 31.0 Å². The molecule has 0 saturated heterocycles. The lowest BCUT2D eigenvalue weighted by molar-refractivity contribution is 0.0357. The van der Waals surface area contributed by atoms with Gasteiger partial charge in [0.1, 0.15) is 0 Å². The number of hydrogen-bond acceptors (Lipinski definition) is 4. The number of hydrogen-bond donors (Lipinski definition) is 3. The Bertz CT molecular complexity index is 356. The van der Waals surface area contributed by atoms with Crippen LogP contribution in [0.5, 0.6) is 0 Å². The monoisotopic (exact) mass is 252 g/mol. The highest BCUT2D eigenvalue weighted by atomic mass is 16.5. The molecule has 1 atom stereocenters. The first-order chi connectivity index (χ1) is 8.63. The molecular weight excluding hydrogens is 228 g/mol. The molecule has 1 unspecified atom stereocenters. The molecule has 1 aromatic rings. The van der Waals surface area contributed by atoms with E-state index >= 15 is 0 Å². The third kappa shape index (κ3) is 5.38. The predicted octanol–water partition coefficient (Wildman–Crippen LogP) is 1.96. The highest BCUT2D eigenvalue weighted by Crippen LogP contribution is 2.17. The fraction of sp³-hybridized carbons (Fsp3) is 0.571. The lowest BCUT2D eigenvalue weighted by Crippen LogP contribution is -2.19. The molecule has 0 heterocycles. The third-order valence-corrected chi connectivity index (χ3v) is 2.83. The molecule has 0 spiro atoms. The summed E-state index contributed by atoms with van der Waals surface area (Å²) in [5.74, 6) is 0. The van der Waals surface area contributed by atoms with Gasteiger partial charge in [-0.2, -0.15) is 0 Å². The van der Waals surface area contributed by atoms with Crippen LogP contribution in [-0.2, 0) is 11.2 Å². The molecule has 18 heavy (non-hydrogen) atoms. The first-order valence-corrected chi connectivity index (χ1v) is 6.53. The molecule has 0 fully saturated rings. The van der Waals surface area contributed by atoms with Crippen LogP contribution >= 0.6 is 0 Å². The summed E-state index contributed by atoms with van der Waals surface area (Å²) in [6, 6.07) is 5.32. The maximum absolute atomic E-state index is 9.85. The summed E-state index contributed by atoms with van der Waals surface area (Å²) in [6.07, 6.45) is 3.33. The molecule has 5 N–H and O–H groups in total. The van der Waals surface area contributed by atoms with Crippen molar-refractivity contribution in [2.45, 2.75) is 38.7 Å². The van der Waals surface area contributed by atoms with E-state index in [2.05, 4.69) is 6.92 Å². The summed E-state index contributed by atoms with van der Waals surface area (Å²) in [5.41, 5.74) is 13.7. The quantitative estimate of drug-likeness (QED) is 0.488. The van der Waals surface area contributed by atoms with Gasteiger partial charge in [-0.1, -0.05) is 19.8 Å². The molecule has 4 nitrogen and oxygen atoms in total. The Morgan fingerprint density at radius 2 is 2.06 bits per heavy atom. The van der Waals surface area contributed by atoms with Crippen LogP contribution in [0.2, 0.25) is 0 Å². The number of aliphatic hydroxyl groups is 1. The van der Waals surface area contributed by atoms with Gasteiger partial charge in [-0.05, 0) is 30.2 Å². The van der Waals surface area contributed by atoms with Crippen molar-refractivity contribution in [3.63, 3.8) is 0 Å². The van der Waals surface area contributed by atoms with Crippen molar-refractivity contribution < 1.29 is 9.84 Å². The van der Waals surface area contributed by atoms with Crippen LogP contribution in [0, 0.1) is 0 Å². The Labute approximate surface area is 109 Å². The van der Waals surface area contributed by atoms with Crippen LogP contribution in [0.15, 0.2) is 18.2 Å². The topological polar surface area (TPSA) is 81.5 Å². The number of nitrogen functional groups attached to an aromatic ring is 2. The number of ether oxygens (including phenoxy) is 1. The molecule has 4 heteroatoms. The molecule has 0 aromatic heterocycles. The van der Waals surface area contributed by atoms with Gasteiger partial charge in [0.25, 0.3) is 0 Å². The van der Waals surface area contributed by atoms with Crippen LogP contribution in [0.4, 0.5) is 11.4 Å². The van der Waals surface area contributed by atoms with Crippen LogP contribution < -0.4 is 11.5 Å². The molecular formula is C14H24N2O2. The lowest BCUT2D eigenvalue weighted by Gasteiger charge is -2.13. The molecule has 1 aromatic carbocycles. The maximum Gasteiger partial charge on any atom is 0.0814 e. The molecule has 0 bridgehead atoms. The van der Waals surface area contributed by atoms with Gasteiger partial charge < -0.3 is 21.3 Å². The van der Waals surface area contributed by atoms with Crippen LogP contribution in [0.3, 0.4) is 0 Å². The van der Waals surface area contributed by atoms with Gasteiger partial charge in [-0.15, -0.1) is 0 Å². The number of aliphatic hydroxyl groups excluding tert-OH is 1. The van der Waals surface area contributed by atoms with E-state index in [4.69, 9.17) is 16.2 Å². The Hall–Kier alpha value is -1.26. The van der Waals surface area contributed by atoms with Crippen LogP contribution in [0.1, 0.15) is 31.7 Å². The molecule has 0 aliphatic heterocycles. The van der Waals surface area contributed by atoms with E-state index in [1.54, 1.807) is 18.2 Å². The molecule has 0 amide bonds. The van der Waals surface area contributed by atoms with Gasteiger partial charge in [0.15, 0.2) is 0 Å². The normalized spacial score (nSPS) is 12.6. The zero-order valence-corrected chi connectivity index (χ0v) is 11.1. The first-order valence-electron chi connectivity index (χ1n) is 6.53. The molecule has 0 saturated carbocycles. The minimum atomic E-state index is -0.532. The Kier molecular flexibility index (Phi) is 6.54. The van der Waals surface area contributed by atoms with Crippen LogP contribution in [0.25, 0.3) is 0 Å². The minimum Gasteiger partial charge on any atom is -0.399 e. The van der Waals surface area contributed by atoms with E-state index in [1.807, 2.05) is 0 Å². The second-order valence-corrected chi connectivity index (χ2v) is 4.60. The Morgan fingerprint density at radius 3 is 2.78 bits per heavy atom. The highest BCUT2D eigenvalue weighted by Gasteiger charge is 2.08. The van der Waals surface area contributed by atoms with Gasteiger partial charge in [0.2, 0.25) is 0 Å². The molecule has 0 radical (unpaired) electrons. The van der Waals surface area contributed by atoms with Crippen molar-refractivity contribution in [2.75, 3.05) is 24.7 Å². The summed E-state index contributed by atoms with van der Waals surface area (Å²) >= 11 is 0. The maximum atomic E-state index is 9.85. The van der Waals surface area contributed by atoms with E-state index < -0.39 is 6.10 Å². The van der Waals surface area contributed by atoms with Gasteiger partial charge >= 0.3 is 0 Å². The summed E-state index contributed by atoms with van der Waals surface area (Å²) in [5, 5.41) is 9.85. The van der Waals surface area contributed by atoms with E-state index in [9.17, 15) is 5.11 Å². The average molecular weight is 252 g/mol. The van der Waals surface area contributed by atoms with Crippen molar-refractivity contribution in [1.29, 1.82) is 0 Å². The summed E-state index contributed by atoms with van der Waals surface area (Å²) < 4.78 is 5.42. The number of nitrogens with two attached hydrogens (primary N) is 2. The second-order valence-electron chi connectivity index (χ2n) is 4.60. The Balaban J connectivity index is 2.30. The third-order valence-electron chi connectivity index (χ3n) is 2.83. The fourth-order valence-corrected chi connectivity index (χ4v) is 1.79. The van der Waals surface area contributed by atoms with Gasteiger partial charge in [-0.3, -0.25) is 0 Å². The van der Waals surface area contributed by atoms with Gasteiger partial charge in [0, 0.05) is 24.4 Å².